The molecule has 2 atom stereocenters. The van der Waals surface area contributed by atoms with Gasteiger partial charge in [0.05, 0.1) is 12.2 Å². The Kier molecular flexibility index (Phi) is 8.45. The average Bonchev–Trinajstić information content (AvgIpc) is 3.05. The number of amides is 1. The molecule has 1 saturated heterocycles. The molecule has 0 saturated carbocycles. The summed E-state index contributed by atoms with van der Waals surface area (Å²) in [6.45, 7) is 11.7. The minimum Gasteiger partial charge on any atom is -0.444 e. The lowest BCUT2D eigenvalue weighted by Gasteiger charge is -2.34. The fraction of sp³-hybridized carbons (Fsp3) is 0.727. The molecule has 0 unspecified atom stereocenters. The zero-order valence-corrected chi connectivity index (χ0v) is 20.3. The standard InChI is InChI=1S/C22H33ClF3N3O3/c1-20(2,3)31-12-11-29(19(30)32-21(4,5)6)16-9-10-28(14-16)18(22(24,25)26)15-7-8-17(23)27-13-15/h7-8,13,16,18H,9-12,14H2,1-6H3/t16-,18+/m0/s1. The van der Waals surface area contributed by atoms with Crippen LogP contribution in [0.2, 0.25) is 5.15 Å². The largest absolute Gasteiger partial charge is 0.444 e. The highest BCUT2D eigenvalue weighted by atomic mass is 35.5. The van der Waals surface area contributed by atoms with Gasteiger partial charge in [0.15, 0.2) is 0 Å². The van der Waals surface area contributed by atoms with Crippen molar-refractivity contribution in [2.75, 3.05) is 26.2 Å². The summed E-state index contributed by atoms with van der Waals surface area (Å²) < 4.78 is 53.2. The van der Waals surface area contributed by atoms with E-state index in [1.54, 1.807) is 20.8 Å². The number of carbonyl (C=O) groups is 1. The highest BCUT2D eigenvalue weighted by Gasteiger charge is 2.48. The van der Waals surface area contributed by atoms with Gasteiger partial charge >= 0.3 is 12.3 Å². The van der Waals surface area contributed by atoms with Crippen LogP contribution in [0.15, 0.2) is 18.3 Å². The molecule has 2 heterocycles. The predicted octanol–water partition coefficient (Wildman–Crippen LogP) is 5.46. The van der Waals surface area contributed by atoms with Gasteiger partial charge in [0.1, 0.15) is 16.8 Å². The number of halogens is 4. The van der Waals surface area contributed by atoms with Crippen molar-refractivity contribution < 1.29 is 27.4 Å². The van der Waals surface area contributed by atoms with Crippen molar-refractivity contribution in [2.24, 2.45) is 0 Å². The number of ether oxygens (including phenoxy) is 2. The van der Waals surface area contributed by atoms with Crippen LogP contribution < -0.4 is 0 Å². The van der Waals surface area contributed by atoms with Gasteiger partial charge in [-0.3, -0.25) is 4.90 Å². The fourth-order valence-corrected chi connectivity index (χ4v) is 3.72. The highest BCUT2D eigenvalue weighted by molar-refractivity contribution is 6.29. The van der Waals surface area contributed by atoms with Crippen LogP contribution in [0, 0.1) is 0 Å². The van der Waals surface area contributed by atoms with E-state index in [1.165, 1.54) is 21.9 Å². The summed E-state index contributed by atoms with van der Waals surface area (Å²) in [6, 6.07) is 0.422. The van der Waals surface area contributed by atoms with Crippen molar-refractivity contribution in [3.05, 3.63) is 29.0 Å². The Bertz CT molecular complexity index is 761. The van der Waals surface area contributed by atoms with E-state index in [2.05, 4.69) is 4.98 Å². The fourth-order valence-electron chi connectivity index (χ4n) is 3.61. The molecule has 1 aromatic heterocycles. The summed E-state index contributed by atoms with van der Waals surface area (Å²) in [5, 5.41) is 0.129. The molecule has 1 fully saturated rings. The van der Waals surface area contributed by atoms with E-state index in [-0.39, 0.29) is 37.0 Å². The average molecular weight is 480 g/mol. The van der Waals surface area contributed by atoms with Crippen LogP contribution >= 0.6 is 11.6 Å². The summed E-state index contributed by atoms with van der Waals surface area (Å²) in [5.41, 5.74) is -1.10. The molecular formula is C22H33ClF3N3O3. The van der Waals surface area contributed by atoms with E-state index in [0.717, 1.165) is 6.20 Å². The number of likely N-dealkylation sites (tertiary alicyclic amines) is 1. The first-order valence-corrected chi connectivity index (χ1v) is 11.0. The molecule has 1 aliphatic rings. The molecule has 1 aromatic rings. The van der Waals surface area contributed by atoms with Gasteiger partial charge < -0.3 is 14.4 Å². The minimum absolute atomic E-state index is 0.0161. The van der Waals surface area contributed by atoms with Crippen LogP contribution in [0.25, 0.3) is 0 Å². The second-order valence-electron chi connectivity index (χ2n) is 9.93. The first-order chi connectivity index (χ1) is 14.6. The Hall–Kier alpha value is -1.58. The quantitative estimate of drug-likeness (QED) is 0.507. The van der Waals surface area contributed by atoms with E-state index in [4.69, 9.17) is 21.1 Å². The third kappa shape index (κ3) is 8.08. The molecule has 32 heavy (non-hydrogen) atoms. The van der Waals surface area contributed by atoms with Gasteiger partial charge in [-0.2, -0.15) is 13.2 Å². The van der Waals surface area contributed by atoms with Gasteiger partial charge in [-0.15, -0.1) is 0 Å². The Morgan fingerprint density at radius 1 is 1.22 bits per heavy atom. The van der Waals surface area contributed by atoms with Gasteiger partial charge in [0, 0.05) is 31.9 Å². The van der Waals surface area contributed by atoms with Crippen LogP contribution in [0.1, 0.15) is 59.6 Å². The Labute approximate surface area is 193 Å². The molecule has 2 rings (SSSR count). The molecule has 0 radical (unpaired) electrons. The van der Waals surface area contributed by atoms with Gasteiger partial charge in [-0.05, 0) is 59.6 Å². The maximum atomic E-state index is 14.0. The van der Waals surface area contributed by atoms with Gasteiger partial charge in [0.25, 0.3) is 0 Å². The maximum absolute atomic E-state index is 14.0. The van der Waals surface area contributed by atoms with Gasteiger partial charge in [-0.25, -0.2) is 9.78 Å². The Morgan fingerprint density at radius 2 is 1.88 bits per heavy atom. The normalized spacial score (nSPS) is 19.1. The molecule has 0 N–H and O–H groups in total. The molecule has 6 nitrogen and oxygen atoms in total. The number of carbonyl (C=O) groups excluding carboxylic acids is 1. The molecule has 1 aliphatic heterocycles. The number of nitrogens with zero attached hydrogens (tertiary/aromatic N) is 3. The lowest BCUT2D eigenvalue weighted by atomic mass is 10.1. The predicted molar refractivity (Wildman–Crippen MR) is 117 cm³/mol. The summed E-state index contributed by atoms with van der Waals surface area (Å²) >= 11 is 5.75. The topological polar surface area (TPSA) is 54.9 Å². The van der Waals surface area contributed by atoms with Crippen molar-refractivity contribution in [1.82, 2.24) is 14.8 Å². The highest BCUT2D eigenvalue weighted by Crippen LogP contribution is 2.40. The van der Waals surface area contributed by atoms with Crippen molar-refractivity contribution in [1.29, 1.82) is 0 Å². The van der Waals surface area contributed by atoms with Crippen molar-refractivity contribution in [3.8, 4) is 0 Å². The SMILES string of the molecule is CC(C)(C)OCCN(C(=O)OC(C)(C)C)[C@H]1CCN([C@H](c2ccc(Cl)nc2)C(F)(F)F)C1. The van der Waals surface area contributed by atoms with Gasteiger partial charge in [0.2, 0.25) is 0 Å². The summed E-state index contributed by atoms with van der Waals surface area (Å²) in [7, 11) is 0. The van der Waals surface area contributed by atoms with E-state index < -0.39 is 35.6 Å². The maximum Gasteiger partial charge on any atom is 0.410 e. The molecule has 0 aromatic carbocycles. The third-order valence-electron chi connectivity index (χ3n) is 4.87. The Morgan fingerprint density at radius 3 is 2.38 bits per heavy atom. The molecule has 0 aliphatic carbocycles. The smallest absolute Gasteiger partial charge is 0.410 e. The van der Waals surface area contributed by atoms with Crippen LogP contribution in [-0.2, 0) is 9.47 Å². The van der Waals surface area contributed by atoms with Crippen LogP contribution in [0.3, 0.4) is 0 Å². The third-order valence-corrected chi connectivity index (χ3v) is 5.10. The molecule has 0 bridgehead atoms. The summed E-state index contributed by atoms with van der Waals surface area (Å²) in [4.78, 5) is 19.5. The number of hydrogen-bond donors (Lipinski definition) is 0. The van der Waals surface area contributed by atoms with E-state index in [1.807, 2.05) is 20.8 Å². The van der Waals surface area contributed by atoms with Gasteiger partial charge in [-0.1, -0.05) is 17.7 Å². The van der Waals surface area contributed by atoms with Crippen LogP contribution in [-0.4, -0.2) is 70.5 Å². The second kappa shape index (κ2) is 10.1. The zero-order valence-electron chi connectivity index (χ0n) is 19.5. The van der Waals surface area contributed by atoms with Crippen LogP contribution in [0.4, 0.5) is 18.0 Å². The van der Waals surface area contributed by atoms with E-state index in [0.29, 0.717) is 6.42 Å². The lowest BCUT2D eigenvalue weighted by Crippen LogP contribution is -2.47. The first kappa shape index (κ1) is 26.7. The second-order valence-corrected chi connectivity index (χ2v) is 10.3. The molecule has 0 spiro atoms. The molecule has 1 amide bonds. The monoisotopic (exact) mass is 479 g/mol. The first-order valence-electron chi connectivity index (χ1n) is 10.6. The number of alkyl halides is 3. The molecule has 10 heteroatoms. The number of aromatic nitrogens is 1. The number of rotatable bonds is 6. The van der Waals surface area contributed by atoms with Crippen molar-refractivity contribution >= 4 is 17.7 Å². The summed E-state index contributed by atoms with van der Waals surface area (Å²) in [6.07, 6.45) is -3.52. The lowest BCUT2D eigenvalue weighted by molar-refractivity contribution is -0.184. The van der Waals surface area contributed by atoms with E-state index in [9.17, 15) is 18.0 Å². The zero-order chi connectivity index (χ0) is 24.3. The molecular weight excluding hydrogens is 447 g/mol. The number of pyridine rings is 1. The molecule has 182 valence electrons. The van der Waals surface area contributed by atoms with Crippen LogP contribution in [0.5, 0.6) is 0 Å². The van der Waals surface area contributed by atoms with Crippen molar-refractivity contribution in [2.45, 2.75) is 77.4 Å². The summed E-state index contributed by atoms with van der Waals surface area (Å²) in [5.74, 6) is 0. The number of hydrogen-bond acceptors (Lipinski definition) is 5. The minimum atomic E-state index is -4.50. The van der Waals surface area contributed by atoms with Crippen molar-refractivity contribution in [3.63, 3.8) is 0 Å². The Balaban J connectivity index is 2.20. The van der Waals surface area contributed by atoms with E-state index >= 15 is 0 Å².